The molecular formula is C6H8N4O4. The molecule has 4 N–H and O–H groups in total. The van der Waals surface area contributed by atoms with Crippen molar-refractivity contribution in [3.05, 3.63) is 0 Å². The van der Waals surface area contributed by atoms with Gasteiger partial charge >= 0.3 is 12.1 Å². The fraction of sp³-hybridized carbons (Fsp3) is 0.333. The molecule has 1 fully saturated rings. The van der Waals surface area contributed by atoms with Crippen molar-refractivity contribution in [2.24, 2.45) is 11.5 Å². The molecule has 1 aliphatic heterocycles. The molecule has 0 radical (unpaired) electrons. The summed E-state index contributed by atoms with van der Waals surface area (Å²) in [5, 5.41) is 0. The monoisotopic (exact) mass is 200 g/mol. The third-order valence-corrected chi connectivity index (χ3v) is 1.64. The lowest BCUT2D eigenvalue weighted by molar-refractivity contribution is -0.129. The molecule has 0 aromatic carbocycles. The number of carbonyl (C=O) groups is 4. The Morgan fingerprint density at radius 2 is 1.86 bits per heavy atom. The van der Waals surface area contributed by atoms with E-state index >= 15 is 0 Å². The van der Waals surface area contributed by atoms with Crippen LogP contribution in [0.15, 0.2) is 0 Å². The van der Waals surface area contributed by atoms with Gasteiger partial charge in [-0.1, -0.05) is 0 Å². The van der Waals surface area contributed by atoms with Gasteiger partial charge < -0.3 is 11.5 Å². The second-order valence-electron chi connectivity index (χ2n) is 2.65. The number of primary amides is 2. The van der Waals surface area contributed by atoms with Gasteiger partial charge in [-0.05, 0) is 0 Å². The maximum atomic E-state index is 11.2. The lowest BCUT2D eigenvalue weighted by atomic mass is 10.5. The minimum absolute atomic E-state index is 0.443. The molecule has 6 amide bonds. The molecule has 0 aliphatic carbocycles. The fourth-order valence-electron chi connectivity index (χ4n) is 1.02. The molecular weight excluding hydrogens is 192 g/mol. The van der Waals surface area contributed by atoms with Crippen LogP contribution < -0.4 is 11.5 Å². The molecule has 0 spiro atoms. The number of urea groups is 2. The molecule has 8 heteroatoms. The molecule has 0 bridgehead atoms. The number of carbonyl (C=O) groups excluding carboxylic acids is 4. The van der Waals surface area contributed by atoms with Crippen molar-refractivity contribution in [2.75, 3.05) is 13.1 Å². The van der Waals surface area contributed by atoms with Gasteiger partial charge in [-0.25, -0.2) is 14.5 Å². The Morgan fingerprint density at radius 3 is 2.21 bits per heavy atom. The largest absolute Gasteiger partial charge is 0.368 e. The van der Waals surface area contributed by atoms with Gasteiger partial charge in [0, 0.05) is 0 Å². The number of hydrogen-bond acceptors (Lipinski definition) is 4. The number of imide groups is 2. The van der Waals surface area contributed by atoms with Crippen molar-refractivity contribution < 1.29 is 19.2 Å². The summed E-state index contributed by atoms with van der Waals surface area (Å²) in [4.78, 5) is 44.5. The summed E-state index contributed by atoms with van der Waals surface area (Å²) >= 11 is 0. The highest BCUT2D eigenvalue weighted by atomic mass is 16.2. The second kappa shape index (κ2) is 3.32. The summed E-state index contributed by atoms with van der Waals surface area (Å²) in [5.41, 5.74) is 9.61. The van der Waals surface area contributed by atoms with Crippen molar-refractivity contribution in [1.29, 1.82) is 0 Å². The van der Waals surface area contributed by atoms with Crippen LogP contribution in [0.2, 0.25) is 0 Å². The van der Waals surface area contributed by atoms with Crippen LogP contribution in [0, 0.1) is 0 Å². The zero-order chi connectivity index (χ0) is 10.9. The van der Waals surface area contributed by atoms with Gasteiger partial charge in [0.05, 0.1) is 0 Å². The molecule has 0 unspecified atom stereocenters. The molecule has 76 valence electrons. The highest BCUT2D eigenvalue weighted by Crippen LogP contribution is 2.08. The Kier molecular flexibility index (Phi) is 2.36. The molecule has 0 aromatic rings. The minimum atomic E-state index is -1.03. The Morgan fingerprint density at radius 1 is 1.29 bits per heavy atom. The Bertz CT molecular complexity index is 326. The van der Waals surface area contributed by atoms with E-state index in [9.17, 15) is 19.2 Å². The van der Waals surface area contributed by atoms with Crippen LogP contribution in [0.5, 0.6) is 0 Å². The van der Waals surface area contributed by atoms with Crippen molar-refractivity contribution in [1.82, 2.24) is 9.80 Å². The Labute approximate surface area is 78.4 Å². The topological polar surface area (TPSA) is 127 Å². The van der Waals surface area contributed by atoms with Crippen LogP contribution in [0.4, 0.5) is 9.59 Å². The van der Waals surface area contributed by atoms with E-state index in [2.05, 4.69) is 0 Å². The van der Waals surface area contributed by atoms with Gasteiger partial charge in [0.15, 0.2) is 0 Å². The zero-order valence-electron chi connectivity index (χ0n) is 7.10. The number of amides is 6. The van der Waals surface area contributed by atoms with E-state index in [1.54, 1.807) is 0 Å². The minimum Gasteiger partial charge on any atom is -0.368 e. The summed E-state index contributed by atoms with van der Waals surface area (Å²) in [5.74, 6) is -1.51. The molecule has 1 heterocycles. The molecule has 0 aromatic heterocycles. The van der Waals surface area contributed by atoms with Crippen LogP contribution in [-0.2, 0) is 9.59 Å². The normalized spacial score (nSPS) is 16.3. The summed E-state index contributed by atoms with van der Waals surface area (Å²) in [6.07, 6.45) is 0. The van der Waals surface area contributed by atoms with Crippen molar-refractivity contribution in [2.45, 2.75) is 0 Å². The molecule has 1 rings (SSSR count). The van der Waals surface area contributed by atoms with Gasteiger partial charge in [-0.15, -0.1) is 0 Å². The van der Waals surface area contributed by atoms with E-state index in [4.69, 9.17) is 11.5 Å². The van der Waals surface area contributed by atoms with E-state index in [0.717, 1.165) is 0 Å². The maximum Gasteiger partial charge on any atom is 0.335 e. The predicted octanol–water partition coefficient (Wildman–Crippen LogP) is -2.19. The molecule has 14 heavy (non-hydrogen) atoms. The number of rotatable bonds is 2. The van der Waals surface area contributed by atoms with Crippen LogP contribution in [0.1, 0.15) is 0 Å². The molecule has 1 saturated heterocycles. The van der Waals surface area contributed by atoms with Gasteiger partial charge in [-0.3, -0.25) is 14.5 Å². The van der Waals surface area contributed by atoms with E-state index in [0.29, 0.717) is 9.80 Å². The van der Waals surface area contributed by atoms with Crippen molar-refractivity contribution in [3.63, 3.8) is 0 Å². The average molecular weight is 200 g/mol. The van der Waals surface area contributed by atoms with Crippen LogP contribution in [0.25, 0.3) is 0 Å². The highest BCUT2D eigenvalue weighted by Gasteiger charge is 2.39. The van der Waals surface area contributed by atoms with E-state index < -0.39 is 37.0 Å². The molecule has 0 saturated carbocycles. The maximum absolute atomic E-state index is 11.2. The van der Waals surface area contributed by atoms with Gasteiger partial charge in [0.1, 0.15) is 13.1 Å². The first-order valence-corrected chi connectivity index (χ1v) is 3.63. The van der Waals surface area contributed by atoms with E-state index in [1.165, 1.54) is 0 Å². The second-order valence-corrected chi connectivity index (χ2v) is 2.65. The summed E-state index contributed by atoms with van der Waals surface area (Å²) in [7, 11) is 0. The third kappa shape index (κ3) is 1.63. The Balaban J connectivity index is 2.80. The highest BCUT2D eigenvalue weighted by molar-refractivity contribution is 6.10. The van der Waals surface area contributed by atoms with Crippen molar-refractivity contribution in [3.8, 4) is 0 Å². The number of nitrogens with zero attached hydrogens (tertiary/aromatic N) is 2. The van der Waals surface area contributed by atoms with Crippen LogP contribution in [-0.4, -0.2) is 46.8 Å². The first-order chi connectivity index (χ1) is 6.43. The lowest BCUT2D eigenvalue weighted by Crippen LogP contribution is -2.42. The summed E-state index contributed by atoms with van der Waals surface area (Å²) in [6, 6.07) is -1.95. The first-order valence-electron chi connectivity index (χ1n) is 3.63. The molecule has 8 nitrogen and oxygen atoms in total. The smallest absolute Gasteiger partial charge is 0.335 e. The molecule has 1 aliphatic rings. The van der Waals surface area contributed by atoms with Gasteiger partial charge in [-0.2, -0.15) is 0 Å². The molecule has 0 atom stereocenters. The quantitative estimate of drug-likeness (QED) is 0.491. The first kappa shape index (κ1) is 9.96. The summed E-state index contributed by atoms with van der Waals surface area (Å²) in [6.45, 7) is -0.983. The van der Waals surface area contributed by atoms with Crippen LogP contribution >= 0.6 is 0 Å². The van der Waals surface area contributed by atoms with Gasteiger partial charge in [0.25, 0.3) is 5.91 Å². The fourth-order valence-corrected chi connectivity index (χ4v) is 1.02. The number of nitrogens with two attached hydrogens (primary N) is 2. The summed E-state index contributed by atoms with van der Waals surface area (Å²) < 4.78 is 0. The van der Waals surface area contributed by atoms with E-state index in [1.807, 2.05) is 0 Å². The Hall–Kier alpha value is -2.12. The van der Waals surface area contributed by atoms with E-state index in [-0.39, 0.29) is 0 Å². The lowest BCUT2D eigenvalue weighted by Gasteiger charge is -2.11. The standard InChI is InChI=1S/C6H8N4O4/c7-3(11)1-9-4(12)2-10(5(8)13)6(9)14/h1-2H2,(H2,7,11)(H2,8,13). The zero-order valence-corrected chi connectivity index (χ0v) is 7.10. The third-order valence-electron chi connectivity index (χ3n) is 1.64. The van der Waals surface area contributed by atoms with Gasteiger partial charge in [0.2, 0.25) is 5.91 Å². The average Bonchev–Trinajstić information content (AvgIpc) is 2.31. The predicted molar refractivity (Wildman–Crippen MR) is 42.6 cm³/mol. The number of hydrogen-bond donors (Lipinski definition) is 2. The van der Waals surface area contributed by atoms with Crippen LogP contribution in [0.3, 0.4) is 0 Å². The van der Waals surface area contributed by atoms with Crippen molar-refractivity contribution >= 4 is 23.9 Å². The SMILES string of the molecule is NC(=O)CN1C(=O)CN(C(N)=O)C1=O.